The standard InChI is InChI=1S/C18H32N4O2S.ClH/c19-10-13(12-6-2-1-3-7-12)20-16(23)9-5-4-8-15-17-14(11-25-15)21-18(24)22-17;/h12-15,17H,1-11,19H2,(H,20,23)(H2,21,22,24);1H/t13?,14-,15-,17-;/m0./s1. The number of fused-ring (bicyclic) bond motifs is 1. The number of hydrogen-bond donors (Lipinski definition) is 4. The third-order valence-electron chi connectivity index (χ3n) is 5.90. The highest BCUT2D eigenvalue weighted by molar-refractivity contribution is 8.00. The Hall–Kier alpha value is -0.660. The van der Waals surface area contributed by atoms with Gasteiger partial charge in [-0.15, -0.1) is 12.4 Å². The third kappa shape index (κ3) is 5.67. The maximum atomic E-state index is 12.2. The molecule has 2 aliphatic heterocycles. The average Bonchev–Trinajstić information content (AvgIpc) is 3.17. The molecule has 3 rings (SSSR count). The Morgan fingerprint density at radius 1 is 1.23 bits per heavy atom. The Bertz CT molecular complexity index is 476. The second kappa shape index (κ2) is 10.6. The van der Waals surface area contributed by atoms with Gasteiger partial charge in [0, 0.05) is 30.0 Å². The molecule has 0 bridgehead atoms. The number of carbonyl (C=O) groups is 2. The number of nitrogens with one attached hydrogen (secondary N) is 3. The molecule has 26 heavy (non-hydrogen) atoms. The number of hydrogen-bond acceptors (Lipinski definition) is 4. The molecule has 2 heterocycles. The van der Waals surface area contributed by atoms with Crippen molar-refractivity contribution in [1.29, 1.82) is 0 Å². The molecule has 3 fully saturated rings. The maximum absolute atomic E-state index is 12.2. The van der Waals surface area contributed by atoms with E-state index in [0.29, 0.717) is 24.1 Å². The summed E-state index contributed by atoms with van der Waals surface area (Å²) in [4.78, 5) is 23.6. The van der Waals surface area contributed by atoms with Crippen molar-refractivity contribution in [3.63, 3.8) is 0 Å². The van der Waals surface area contributed by atoms with Gasteiger partial charge in [-0.1, -0.05) is 25.7 Å². The molecular weight excluding hydrogens is 372 g/mol. The number of halogens is 1. The van der Waals surface area contributed by atoms with Gasteiger partial charge < -0.3 is 21.7 Å². The molecule has 0 aromatic heterocycles. The Balaban J connectivity index is 0.00000243. The van der Waals surface area contributed by atoms with E-state index in [1.54, 1.807) is 0 Å². The van der Waals surface area contributed by atoms with Crippen LogP contribution in [0.25, 0.3) is 0 Å². The van der Waals surface area contributed by atoms with E-state index in [9.17, 15) is 9.59 Å². The van der Waals surface area contributed by atoms with E-state index in [-0.39, 0.29) is 42.5 Å². The summed E-state index contributed by atoms with van der Waals surface area (Å²) in [7, 11) is 0. The summed E-state index contributed by atoms with van der Waals surface area (Å²) in [6.45, 7) is 0.547. The zero-order valence-electron chi connectivity index (χ0n) is 15.4. The van der Waals surface area contributed by atoms with Crippen LogP contribution in [0.5, 0.6) is 0 Å². The summed E-state index contributed by atoms with van der Waals surface area (Å²) in [5.41, 5.74) is 5.89. The van der Waals surface area contributed by atoms with Crippen molar-refractivity contribution < 1.29 is 9.59 Å². The highest BCUT2D eigenvalue weighted by Crippen LogP contribution is 2.33. The smallest absolute Gasteiger partial charge is 0.315 e. The van der Waals surface area contributed by atoms with E-state index in [1.807, 2.05) is 11.8 Å². The monoisotopic (exact) mass is 404 g/mol. The maximum Gasteiger partial charge on any atom is 0.315 e. The number of thioether (sulfide) groups is 1. The Morgan fingerprint density at radius 3 is 2.73 bits per heavy atom. The summed E-state index contributed by atoms with van der Waals surface area (Å²) < 4.78 is 0. The second-order valence-electron chi connectivity index (χ2n) is 7.68. The van der Waals surface area contributed by atoms with Crippen LogP contribution in [0.3, 0.4) is 0 Å². The van der Waals surface area contributed by atoms with Gasteiger partial charge in [-0.3, -0.25) is 4.79 Å². The van der Waals surface area contributed by atoms with Gasteiger partial charge in [-0.25, -0.2) is 4.79 Å². The van der Waals surface area contributed by atoms with E-state index >= 15 is 0 Å². The molecule has 3 amide bonds. The Morgan fingerprint density at radius 2 is 2.00 bits per heavy atom. The van der Waals surface area contributed by atoms with Crippen LogP contribution in [-0.4, -0.2) is 47.6 Å². The first-order valence-corrected chi connectivity index (χ1v) is 10.9. The van der Waals surface area contributed by atoms with Crippen LogP contribution in [-0.2, 0) is 4.79 Å². The first-order valence-electron chi connectivity index (χ1n) is 9.85. The minimum atomic E-state index is -0.0322. The molecule has 0 radical (unpaired) electrons. The van der Waals surface area contributed by atoms with Crippen LogP contribution < -0.4 is 21.7 Å². The van der Waals surface area contributed by atoms with E-state index in [1.165, 1.54) is 32.1 Å². The van der Waals surface area contributed by atoms with Gasteiger partial charge in [0.05, 0.1) is 12.1 Å². The number of urea groups is 1. The van der Waals surface area contributed by atoms with Crippen LogP contribution in [0.4, 0.5) is 4.79 Å². The molecule has 1 unspecified atom stereocenters. The minimum absolute atomic E-state index is 0. The van der Waals surface area contributed by atoms with Crippen LogP contribution in [0, 0.1) is 5.92 Å². The summed E-state index contributed by atoms with van der Waals surface area (Å²) in [6, 6.07) is 0.666. The molecule has 8 heteroatoms. The summed E-state index contributed by atoms with van der Waals surface area (Å²) in [5.74, 6) is 1.70. The largest absolute Gasteiger partial charge is 0.352 e. The number of amides is 3. The fourth-order valence-electron chi connectivity index (χ4n) is 4.46. The van der Waals surface area contributed by atoms with E-state index in [4.69, 9.17) is 5.73 Å². The molecule has 150 valence electrons. The molecule has 5 N–H and O–H groups in total. The second-order valence-corrected chi connectivity index (χ2v) is 8.95. The summed E-state index contributed by atoms with van der Waals surface area (Å²) in [6.07, 6.45) is 9.83. The van der Waals surface area contributed by atoms with Crippen molar-refractivity contribution in [1.82, 2.24) is 16.0 Å². The number of nitrogens with two attached hydrogens (primary N) is 1. The van der Waals surface area contributed by atoms with Gasteiger partial charge in [-0.05, 0) is 31.6 Å². The predicted octanol–water partition coefficient (Wildman–Crippen LogP) is 2.16. The quantitative estimate of drug-likeness (QED) is 0.368. The molecular formula is C18H33ClN4O2S. The van der Waals surface area contributed by atoms with Gasteiger partial charge in [0.25, 0.3) is 0 Å². The van der Waals surface area contributed by atoms with Crippen molar-refractivity contribution in [2.45, 2.75) is 81.2 Å². The van der Waals surface area contributed by atoms with Gasteiger partial charge in [-0.2, -0.15) is 11.8 Å². The SMILES string of the molecule is Cl.NCC(NC(=O)CCCC[C@@H]1SC[C@@H]2NC(=O)N[C@@H]21)C1CCCCC1. The average molecular weight is 405 g/mol. The lowest BCUT2D eigenvalue weighted by Crippen LogP contribution is -2.45. The van der Waals surface area contributed by atoms with E-state index in [0.717, 1.165) is 25.0 Å². The predicted molar refractivity (Wildman–Crippen MR) is 109 cm³/mol. The lowest BCUT2D eigenvalue weighted by atomic mass is 9.84. The van der Waals surface area contributed by atoms with Gasteiger partial charge in [0.1, 0.15) is 0 Å². The molecule has 4 atom stereocenters. The summed E-state index contributed by atoms with van der Waals surface area (Å²) in [5, 5.41) is 9.64. The molecule has 2 saturated heterocycles. The van der Waals surface area contributed by atoms with Crippen LogP contribution in [0.2, 0.25) is 0 Å². The number of rotatable bonds is 8. The minimum Gasteiger partial charge on any atom is -0.352 e. The molecule has 1 saturated carbocycles. The van der Waals surface area contributed by atoms with E-state index in [2.05, 4.69) is 16.0 Å². The first-order chi connectivity index (χ1) is 12.2. The number of unbranched alkanes of at least 4 members (excludes halogenated alkanes) is 1. The fraction of sp³-hybridized carbons (Fsp3) is 0.889. The molecule has 0 spiro atoms. The first kappa shape index (κ1) is 21.6. The normalized spacial score (nSPS) is 29.3. The topological polar surface area (TPSA) is 96.2 Å². The molecule has 0 aromatic rings. The Kier molecular flexibility index (Phi) is 8.84. The third-order valence-corrected chi connectivity index (χ3v) is 7.41. The zero-order valence-corrected chi connectivity index (χ0v) is 17.0. The van der Waals surface area contributed by atoms with Crippen molar-refractivity contribution in [2.75, 3.05) is 12.3 Å². The van der Waals surface area contributed by atoms with Crippen molar-refractivity contribution in [3.8, 4) is 0 Å². The molecule has 0 aromatic carbocycles. The van der Waals surface area contributed by atoms with Crippen molar-refractivity contribution in [3.05, 3.63) is 0 Å². The van der Waals surface area contributed by atoms with Crippen LogP contribution in [0.15, 0.2) is 0 Å². The van der Waals surface area contributed by atoms with Gasteiger partial charge >= 0.3 is 6.03 Å². The van der Waals surface area contributed by atoms with Gasteiger partial charge in [0.2, 0.25) is 5.91 Å². The van der Waals surface area contributed by atoms with Crippen molar-refractivity contribution in [2.24, 2.45) is 11.7 Å². The lowest BCUT2D eigenvalue weighted by Gasteiger charge is -2.30. The highest BCUT2D eigenvalue weighted by Gasteiger charge is 2.42. The van der Waals surface area contributed by atoms with E-state index < -0.39 is 0 Å². The van der Waals surface area contributed by atoms with Crippen molar-refractivity contribution >= 4 is 36.1 Å². The van der Waals surface area contributed by atoms with Crippen LogP contribution >= 0.6 is 24.2 Å². The molecule has 1 aliphatic carbocycles. The number of carbonyl (C=O) groups excluding carboxylic acids is 2. The molecule has 6 nitrogen and oxygen atoms in total. The Labute approximate surface area is 167 Å². The van der Waals surface area contributed by atoms with Gasteiger partial charge in [0.15, 0.2) is 0 Å². The summed E-state index contributed by atoms with van der Waals surface area (Å²) >= 11 is 1.93. The lowest BCUT2D eigenvalue weighted by molar-refractivity contribution is -0.122. The highest BCUT2D eigenvalue weighted by atomic mass is 35.5. The van der Waals surface area contributed by atoms with Crippen LogP contribution in [0.1, 0.15) is 57.8 Å². The zero-order chi connectivity index (χ0) is 17.6. The fourth-order valence-corrected chi connectivity index (χ4v) is 6.00. The molecule has 3 aliphatic rings.